The molecule has 2 heterocycles. The fourth-order valence-electron chi connectivity index (χ4n) is 3.49. The summed E-state index contributed by atoms with van der Waals surface area (Å²) in [6.45, 7) is 3.37. The lowest BCUT2D eigenvalue weighted by Gasteiger charge is -2.46. The van der Waals surface area contributed by atoms with E-state index in [0.717, 1.165) is 57.5 Å². The molecular weight excluding hydrogens is 282 g/mol. The van der Waals surface area contributed by atoms with Crippen LogP contribution in [-0.2, 0) is 11.3 Å². The maximum Gasteiger partial charge on any atom is 0.335 e. The lowest BCUT2D eigenvalue weighted by Crippen LogP contribution is -2.55. The number of ether oxygens (including phenoxy) is 1. The van der Waals surface area contributed by atoms with E-state index in [1.807, 2.05) is 12.1 Å². The van der Waals surface area contributed by atoms with E-state index in [0.29, 0.717) is 5.56 Å². The van der Waals surface area contributed by atoms with E-state index < -0.39 is 5.97 Å². The number of carbonyl (C=O) groups is 1. The largest absolute Gasteiger partial charge is 0.478 e. The lowest BCUT2D eigenvalue weighted by molar-refractivity contribution is -0.177. The molecule has 0 aliphatic carbocycles. The molecule has 1 atom stereocenters. The van der Waals surface area contributed by atoms with Crippen molar-refractivity contribution in [1.29, 1.82) is 0 Å². The van der Waals surface area contributed by atoms with Crippen molar-refractivity contribution in [3.8, 4) is 0 Å². The van der Waals surface area contributed by atoms with Gasteiger partial charge in [0, 0.05) is 26.2 Å². The smallest absolute Gasteiger partial charge is 0.335 e. The van der Waals surface area contributed by atoms with Crippen LogP contribution >= 0.6 is 0 Å². The Morgan fingerprint density at radius 3 is 2.55 bits per heavy atom. The number of benzene rings is 1. The van der Waals surface area contributed by atoms with Gasteiger partial charge in [-0.1, -0.05) is 12.1 Å². The zero-order valence-corrected chi connectivity index (χ0v) is 12.7. The van der Waals surface area contributed by atoms with Gasteiger partial charge < -0.3 is 14.9 Å². The Hall–Kier alpha value is -1.43. The monoisotopic (exact) mass is 305 g/mol. The standard InChI is InChI=1S/C17H23NO4/c19-15-2-1-11-22-17(15)7-9-18(10-8-17)12-13-3-5-14(6-4-13)16(20)21/h3-6,15,19H,1-2,7-12H2,(H,20,21). The molecule has 2 saturated heterocycles. The number of nitrogens with zero attached hydrogens (tertiary/aromatic N) is 1. The molecule has 3 rings (SSSR count). The number of aromatic carboxylic acids is 1. The van der Waals surface area contributed by atoms with E-state index in [1.165, 1.54) is 0 Å². The highest BCUT2D eigenvalue weighted by Crippen LogP contribution is 2.35. The van der Waals surface area contributed by atoms with Crippen LogP contribution < -0.4 is 0 Å². The van der Waals surface area contributed by atoms with Gasteiger partial charge in [-0.3, -0.25) is 4.90 Å². The van der Waals surface area contributed by atoms with Gasteiger partial charge in [0.15, 0.2) is 0 Å². The van der Waals surface area contributed by atoms with Gasteiger partial charge in [0.05, 0.1) is 17.3 Å². The van der Waals surface area contributed by atoms with Crippen LogP contribution in [0.5, 0.6) is 0 Å². The predicted molar refractivity (Wildman–Crippen MR) is 81.8 cm³/mol. The zero-order valence-electron chi connectivity index (χ0n) is 12.7. The average Bonchev–Trinajstić information content (AvgIpc) is 2.53. The Kier molecular flexibility index (Phi) is 4.47. The van der Waals surface area contributed by atoms with E-state index in [1.54, 1.807) is 12.1 Å². The van der Waals surface area contributed by atoms with Crippen LogP contribution in [0.4, 0.5) is 0 Å². The zero-order chi connectivity index (χ0) is 15.6. The summed E-state index contributed by atoms with van der Waals surface area (Å²) in [6, 6.07) is 7.05. The molecule has 1 unspecified atom stereocenters. The molecule has 5 nitrogen and oxygen atoms in total. The summed E-state index contributed by atoms with van der Waals surface area (Å²) in [7, 11) is 0. The predicted octanol–water partition coefficient (Wildman–Crippen LogP) is 1.89. The molecule has 2 aliphatic heterocycles. The fourth-order valence-corrected chi connectivity index (χ4v) is 3.49. The van der Waals surface area contributed by atoms with Crippen LogP contribution in [0.25, 0.3) is 0 Å². The molecule has 2 aliphatic rings. The molecular formula is C17H23NO4. The summed E-state index contributed by atoms with van der Waals surface area (Å²) in [5, 5.41) is 19.2. The van der Waals surface area contributed by atoms with Gasteiger partial charge in [-0.2, -0.15) is 0 Å². The SMILES string of the molecule is O=C(O)c1ccc(CN2CCC3(CC2)OCCCC3O)cc1. The number of hydrogen-bond donors (Lipinski definition) is 2. The molecule has 0 aromatic heterocycles. The third-order valence-electron chi connectivity index (χ3n) is 4.93. The van der Waals surface area contributed by atoms with E-state index in [4.69, 9.17) is 9.84 Å². The molecule has 2 N–H and O–H groups in total. The number of carboxylic acids is 1. The second-order valence-electron chi connectivity index (χ2n) is 6.35. The van der Waals surface area contributed by atoms with Crippen molar-refractivity contribution < 1.29 is 19.7 Å². The number of rotatable bonds is 3. The van der Waals surface area contributed by atoms with Crippen LogP contribution in [0.1, 0.15) is 41.6 Å². The first-order chi connectivity index (χ1) is 10.6. The van der Waals surface area contributed by atoms with E-state index >= 15 is 0 Å². The highest BCUT2D eigenvalue weighted by atomic mass is 16.5. The number of aliphatic hydroxyl groups is 1. The van der Waals surface area contributed by atoms with Crippen LogP contribution in [0.15, 0.2) is 24.3 Å². The van der Waals surface area contributed by atoms with Crippen molar-refractivity contribution in [3.63, 3.8) is 0 Å². The summed E-state index contributed by atoms with van der Waals surface area (Å²) in [4.78, 5) is 13.2. The average molecular weight is 305 g/mol. The highest BCUT2D eigenvalue weighted by molar-refractivity contribution is 5.87. The van der Waals surface area contributed by atoms with Gasteiger partial charge in [0.1, 0.15) is 0 Å². The molecule has 1 aromatic carbocycles. The topological polar surface area (TPSA) is 70.0 Å². The van der Waals surface area contributed by atoms with Crippen molar-refractivity contribution >= 4 is 5.97 Å². The number of aliphatic hydroxyl groups excluding tert-OH is 1. The van der Waals surface area contributed by atoms with Crippen molar-refractivity contribution in [2.75, 3.05) is 19.7 Å². The molecule has 0 radical (unpaired) electrons. The van der Waals surface area contributed by atoms with Crippen molar-refractivity contribution in [2.45, 2.75) is 43.9 Å². The quantitative estimate of drug-likeness (QED) is 0.892. The van der Waals surface area contributed by atoms with Gasteiger partial charge in [-0.15, -0.1) is 0 Å². The summed E-state index contributed by atoms with van der Waals surface area (Å²) in [6.07, 6.45) is 3.18. The van der Waals surface area contributed by atoms with Gasteiger partial charge in [-0.25, -0.2) is 4.79 Å². The van der Waals surface area contributed by atoms with E-state index in [9.17, 15) is 9.90 Å². The van der Waals surface area contributed by atoms with Crippen LogP contribution in [0.2, 0.25) is 0 Å². The number of carboxylic acid groups (broad SMARTS) is 1. The minimum atomic E-state index is -0.894. The lowest BCUT2D eigenvalue weighted by atomic mass is 9.82. The maximum atomic E-state index is 10.9. The third-order valence-corrected chi connectivity index (χ3v) is 4.93. The Bertz CT molecular complexity index is 520. The molecule has 5 heteroatoms. The molecule has 0 bridgehead atoms. The molecule has 1 spiro atoms. The van der Waals surface area contributed by atoms with E-state index in [2.05, 4.69) is 4.90 Å². The summed E-state index contributed by atoms with van der Waals surface area (Å²) in [5.41, 5.74) is 1.10. The van der Waals surface area contributed by atoms with Crippen molar-refractivity contribution in [3.05, 3.63) is 35.4 Å². The molecule has 120 valence electrons. The summed E-state index contributed by atoms with van der Waals surface area (Å²) < 4.78 is 5.92. The Morgan fingerprint density at radius 2 is 1.95 bits per heavy atom. The summed E-state index contributed by atoms with van der Waals surface area (Å²) in [5.74, 6) is -0.894. The molecule has 22 heavy (non-hydrogen) atoms. The third kappa shape index (κ3) is 3.16. The van der Waals surface area contributed by atoms with Crippen LogP contribution in [0.3, 0.4) is 0 Å². The molecule has 2 fully saturated rings. The minimum absolute atomic E-state index is 0.320. The van der Waals surface area contributed by atoms with Crippen LogP contribution in [-0.4, -0.2) is 52.5 Å². The Morgan fingerprint density at radius 1 is 1.27 bits per heavy atom. The second kappa shape index (κ2) is 6.36. The minimum Gasteiger partial charge on any atom is -0.478 e. The highest BCUT2D eigenvalue weighted by Gasteiger charge is 2.43. The van der Waals surface area contributed by atoms with Gasteiger partial charge in [0.25, 0.3) is 0 Å². The molecule has 0 amide bonds. The maximum absolute atomic E-state index is 10.9. The first-order valence-corrected chi connectivity index (χ1v) is 7.96. The molecule has 1 aromatic rings. The van der Waals surface area contributed by atoms with E-state index in [-0.39, 0.29) is 11.7 Å². The van der Waals surface area contributed by atoms with Gasteiger partial charge in [-0.05, 0) is 43.4 Å². The first kappa shape index (κ1) is 15.5. The Labute approximate surface area is 130 Å². The van der Waals surface area contributed by atoms with Crippen molar-refractivity contribution in [2.24, 2.45) is 0 Å². The van der Waals surface area contributed by atoms with Gasteiger partial charge in [0.2, 0.25) is 0 Å². The van der Waals surface area contributed by atoms with Crippen LogP contribution in [0, 0.1) is 0 Å². The number of likely N-dealkylation sites (tertiary alicyclic amines) is 1. The molecule has 0 saturated carbocycles. The number of hydrogen-bond acceptors (Lipinski definition) is 4. The van der Waals surface area contributed by atoms with Crippen molar-refractivity contribution in [1.82, 2.24) is 4.90 Å². The first-order valence-electron chi connectivity index (χ1n) is 7.96. The second-order valence-corrected chi connectivity index (χ2v) is 6.35. The number of piperidine rings is 1. The normalized spacial score (nSPS) is 25.2. The fraction of sp³-hybridized carbons (Fsp3) is 0.588. The Balaban J connectivity index is 1.56. The van der Waals surface area contributed by atoms with Gasteiger partial charge >= 0.3 is 5.97 Å². The summed E-state index contributed by atoms with van der Waals surface area (Å²) >= 11 is 0.